The van der Waals surface area contributed by atoms with Crippen LogP contribution in [0.2, 0.25) is 0 Å². The third-order valence-electron chi connectivity index (χ3n) is 4.35. The number of nitrogens with one attached hydrogen (secondary N) is 1. The van der Waals surface area contributed by atoms with Gasteiger partial charge in [-0.05, 0) is 31.0 Å². The minimum absolute atomic E-state index is 0.298. The fraction of sp³-hybridized carbons (Fsp3) is 0.312. The number of aromatic amines is 1. The van der Waals surface area contributed by atoms with Crippen molar-refractivity contribution in [3.63, 3.8) is 0 Å². The number of hydrogen-bond acceptors (Lipinski definition) is 4. The molecule has 6 heteroatoms. The number of H-pyrrole nitrogens is 1. The highest BCUT2D eigenvalue weighted by molar-refractivity contribution is 5.89. The Morgan fingerprint density at radius 1 is 1.14 bits per heavy atom. The molecule has 0 bridgehead atoms. The van der Waals surface area contributed by atoms with Gasteiger partial charge in [0.1, 0.15) is 23.5 Å². The van der Waals surface area contributed by atoms with E-state index < -0.39 is 0 Å². The monoisotopic (exact) mass is 297 g/mol. The number of nitrogens with zero attached hydrogens (tertiary/aromatic N) is 4. The second-order valence-corrected chi connectivity index (χ2v) is 5.61. The second-order valence-electron chi connectivity index (χ2n) is 5.61. The van der Waals surface area contributed by atoms with E-state index in [1.165, 1.54) is 18.1 Å². The van der Waals surface area contributed by atoms with Gasteiger partial charge in [0, 0.05) is 36.3 Å². The Morgan fingerprint density at radius 3 is 2.77 bits per heavy atom. The highest BCUT2D eigenvalue weighted by atomic mass is 19.1. The van der Waals surface area contributed by atoms with Crippen LogP contribution in [0.1, 0.15) is 24.5 Å². The Kier molecular flexibility index (Phi) is 3.21. The van der Waals surface area contributed by atoms with E-state index in [1.807, 2.05) is 12.1 Å². The molecule has 112 valence electrons. The van der Waals surface area contributed by atoms with E-state index in [1.54, 1.807) is 12.3 Å². The summed E-state index contributed by atoms with van der Waals surface area (Å²) in [6.07, 6.45) is 5.30. The first-order valence-corrected chi connectivity index (χ1v) is 7.46. The predicted octanol–water partition coefficient (Wildman–Crippen LogP) is 2.88. The highest BCUT2D eigenvalue weighted by Crippen LogP contribution is 2.31. The molecular formula is C16H16FN5. The van der Waals surface area contributed by atoms with Crippen molar-refractivity contribution in [1.82, 2.24) is 20.2 Å². The zero-order valence-electron chi connectivity index (χ0n) is 12.0. The van der Waals surface area contributed by atoms with Crippen LogP contribution in [-0.2, 0) is 0 Å². The molecule has 0 amide bonds. The predicted molar refractivity (Wildman–Crippen MR) is 82.3 cm³/mol. The van der Waals surface area contributed by atoms with Crippen LogP contribution in [0.5, 0.6) is 0 Å². The van der Waals surface area contributed by atoms with Crippen molar-refractivity contribution in [2.75, 3.05) is 18.0 Å². The summed E-state index contributed by atoms with van der Waals surface area (Å²) >= 11 is 0. The number of aromatic nitrogens is 4. The van der Waals surface area contributed by atoms with E-state index in [0.29, 0.717) is 11.4 Å². The van der Waals surface area contributed by atoms with Crippen LogP contribution in [0.15, 0.2) is 36.8 Å². The van der Waals surface area contributed by atoms with Crippen molar-refractivity contribution in [2.24, 2.45) is 0 Å². The highest BCUT2D eigenvalue weighted by Gasteiger charge is 2.23. The number of halogens is 1. The molecule has 1 aliphatic rings. The van der Waals surface area contributed by atoms with Crippen LogP contribution in [0.4, 0.5) is 10.2 Å². The minimum Gasteiger partial charge on any atom is -0.356 e. The van der Waals surface area contributed by atoms with Crippen LogP contribution in [0.25, 0.3) is 10.9 Å². The third-order valence-corrected chi connectivity index (χ3v) is 4.35. The van der Waals surface area contributed by atoms with E-state index in [0.717, 1.165) is 37.1 Å². The molecule has 0 unspecified atom stereocenters. The van der Waals surface area contributed by atoms with E-state index in [-0.39, 0.29) is 5.82 Å². The van der Waals surface area contributed by atoms with Crippen molar-refractivity contribution in [1.29, 1.82) is 0 Å². The zero-order valence-corrected chi connectivity index (χ0v) is 12.0. The van der Waals surface area contributed by atoms with Crippen molar-refractivity contribution in [3.8, 4) is 0 Å². The number of fused-ring (bicyclic) bond motifs is 1. The average molecular weight is 297 g/mol. The van der Waals surface area contributed by atoms with Gasteiger partial charge in [0.05, 0.1) is 0 Å². The lowest BCUT2D eigenvalue weighted by molar-refractivity contribution is 0.494. The average Bonchev–Trinajstić information content (AvgIpc) is 3.10. The largest absolute Gasteiger partial charge is 0.356 e. The Hall–Kier alpha value is -2.50. The minimum atomic E-state index is -0.298. The van der Waals surface area contributed by atoms with E-state index in [9.17, 15) is 4.39 Å². The van der Waals surface area contributed by atoms with E-state index in [2.05, 4.69) is 25.1 Å². The molecular weight excluding hydrogens is 281 g/mol. The molecule has 0 spiro atoms. The van der Waals surface area contributed by atoms with Crippen molar-refractivity contribution in [2.45, 2.75) is 18.8 Å². The van der Waals surface area contributed by atoms with Gasteiger partial charge in [-0.25, -0.2) is 14.4 Å². The molecule has 2 aromatic heterocycles. The number of para-hydroxylation sites is 1. The van der Waals surface area contributed by atoms with Crippen molar-refractivity contribution < 1.29 is 4.39 Å². The molecule has 4 rings (SSSR count). The number of piperidine rings is 1. The Morgan fingerprint density at radius 2 is 2.00 bits per heavy atom. The molecule has 3 aromatic rings. The number of benzene rings is 1. The Balaban J connectivity index is 1.60. The Labute approximate surface area is 127 Å². The van der Waals surface area contributed by atoms with Crippen molar-refractivity contribution in [3.05, 3.63) is 48.3 Å². The fourth-order valence-corrected chi connectivity index (χ4v) is 3.19. The van der Waals surface area contributed by atoms with Gasteiger partial charge in [-0.3, -0.25) is 5.10 Å². The molecule has 5 nitrogen and oxygen atoms in total. The number of anilines is 1. The number of rotatable bonds is 2. The smallest absolute Gasteiger partial charge is 0.149 e. The molecule has 0 radical (unpaired) electrons. The maximum absolute atomic E-state index is 13.9. The van der Waals surface area contributed by atoms with Crippen molar-refractivity contribution >= 4 is 16.7 Å². The van der Waals surface area contributed by atoms with Gasteiger partial charge >= 0.3 is 0 Å². The van der Waals surface area contributed by atoms with Gasteiger partial charge in [-0.1, -0.05) is 6.07 Å². The molecule has 1 N–H and O–H groups in total. The van der Waals surface area contributed by atoms with Crippen LogP contribution in [-0.4, -0.2) is 33.3 Å². The van der Waals surface area contributed by atoms with E-state index >= 15 is 0 Å². The van der Waals surface area contributed by atoms with Gasteiger partial charge in [-0.15, -0.1) is 0 Å². The molecule has 1 saturated heterocycles. The van der Waals surface area contributed by atoms with Crippen LogP contribution in [0, 0.1) is 5.82 Å². The lowest BCUT2D eigenvalue weighted by Crippen LogP contribution is -2.33. The lowest BCUT2D eigenvalue weighted by Gasteiger charge is -2.32. The van der Waals surface area contributed by atoms with Gasteiger partial charge in [-0.2, -0.15) is 5.10 Å². The summed E-state index contributed by atoms with van der Waals surface area (Å²) in [5.74, 6) is 1.03. The standard InChI is InChI=1S/C16H16FN5/c17-13-3-1-2-12-15(13)18-10-19-16(12)22-8-5-11(6-9-22)14-4-7-20-21-14/h1-4,7,10-11H,5-6,8-9H2,(H,20,21). The number of hydrogen-bond donors (Lipinski definition) is 1. The van der Waals surface area contributed by atoms with Crippen LogP contribution in [0.3, 0.4) is 0 Å². The van der Waals surface area contributed by atoms with Crippen LogP contribution < -0.4 is 4.90 Å². The summed E-state index contributed by atoms with van der Waals surface area (Å²) in [4.78, 5) is 10.7. The maximum atomic E-state index is 13.9. The molecule has 1 aliphatic heterocycles. The van der Waals surface area contributed by atoms with Gasteiger partial charge in [0.15, 0.2) is 0 Å². The van der Waals surface area contributed by atoms with Gasteiger partial charge in [0.2, 0.25) is 0 Å². The summed E-state index contributed by atoms with van der Waals surface area (Å²) in [6.45, 7) is 1.79. The summed E-state index contributed by atoms with van der Waals surface area (Å²) in [7, 11) is 0. The molecule has 0 aliphatic carbocycles. The molecule has 0 saturated carbocycles. The summed E-state index contributed by atoms with van der Waals surface area (Å²) in [5, 5.41) is 7.86. The summed E-state index contributed by atoms with van der Waals surface area (Å²) in [6, 6.07) is 7.07. The first-order valence-electron chi connectivity index (χ1n) is 7.46. The summed E-state index contributed by atoms with van der Waals surface area (Å²) < 4.78 is 13.9. The lowest BCUT2D eigenvalue weighted by atomic mass is 9.93. The first-order chi connectivity index (χ1) is 10.8. The molecule has 1 fully saturated rings. The van der Waals surface area contributed by atoms with Gasteiger partial charge < -0.3 is 4.90 Å². The quantitative estimate of drug-likeness (QED) is 0.790. The van der Waals surface area contributed by atoms with Gasteiger partial charge in [0.25, 0.3) is 0 Å². The molecule has 3 heterocycles. The topological polar surface area (TPSA) is 57.7 Å². The first kappa shape index (κ1) is 13.2. The molecule has 0 atom stereocenters. The Bertz CT molecular complexity index is 778. The van der Waals surface area contributed by atoms with E-state index in [4.69, 9.17) is 0 Å². The normalized spacial score (nSPS) is 16.3. The molecule has 22 heavy (non-hydrogen) atoms. The SMILES string of the molecule is Fc1cccc2c(N3CCC(c4ccn[nH]4)CC3)ncnc12. The fourth-order valence-electron chi connectivity index (χ4n) is 3.19. The maximum Gasteiger partial charge on any atom is 0.149 e. The third kappa shape index (κ3) is 2.20. The molecule has 1 aromatic carbocycles. The second kappa shape index (κ2) is 5.36. The van der Waals surface area contributed by atoms with Crippen LogP contribution >= 0.6 is 0 Å². The summed E-state index contributed by atoms with van der Waals surface area (Å²) in [5.41, 5.74) is 1.58. The zero-order chi connectivity index (χ0) is 14.9.